The molecule has 0 aliphatic heterocycles. The van der Waals surface area contributed by atoms with E-state index in [1.807, 2.05) is 6.92 Å². The number of hydrogen-bond donors (Lipinski definition) is 3. The molecule has 0 saturated heterocycles. The lowest BCUT2D eigenvalue weighted by Crippen LogP contribution is -2.44. The second-order valence-electron chi connectivity index (χ2n) is 5.83. The van der Waals surface area contributed by atoms with Gasteiger partial charge in [-0.1, -0.05) is 25.3 Å². The molecule has 0 bridgehead atoms. The van der Waals surface area contributed by atoms with Crippen molar-refractivity contribution in [3.8, 4) is 0 Å². The fourth-order valence-corrected chi connectivity index (χ4v) is 2.90. The number of nitrogens with one attached hydrogen (secondary N) is 1. The van der Waals surface area contributed by atoms with Crippen LogP contribution < -0.4 is 11.1 Å². The quantitative estimate of drug-likeness (QED) is 0.794. The van der Waals surface area contributed by atoms with Crippen LogP contribution in [0.25, 0.3) is 0 Å². The Balaban J connectivity index is 2.22. The Morgan fingerprint density at radius 1 is 1.29 bits per heavy atom. The molecule has 2 rings (SSSR count). The Morgan fingerprint density at radius 2 is 1.95 bits per heavy atom. The predicted octanol–water partition coefficient (Wildman–Crippen LogP) is 2.54. The van der Waals surface area contributed by atoms with E-state index in [2.05, 4.69) is 5.32 Å². The van der Waals surface area contributed by atoms with Crippen LogP contribution in [0.2, 0.25) is 0 Å². The minimum absolute atomic E-state index is 0.0876. The van der Waals surface area contributed by atoms with E-state index in [0.717, 1.165) is 37.7 Å². The van der Waals surface area contributed by atoms with Gasteiger partial charge in [-0.25, -0.2) is 4.79 Å². The molecule has 1 aliphatic carbocycles. The van der Waals surface area contributed by atoms with Crippen molar-refractivity contribution < 1.29 is 14.7 Å². The molecule has 1 aliphatic rings. The zero-order valence-corrected chi connectivity index (χ0v) is 12.3. The molecule has 0 unspecified atom stereocenters. The van der Waals surface area contributed by atoms with Gasteiger partial charge in [-0.2, -0.15) is 0 Å². The van der Waals surface area contributed by atoms with Crippen LogP contribution in [0, 0.1) is 12.3 Å². The van der Waals surface area contributed by atoms with E-state index in [9.17, 15) is 9.59 Å². The zero-order valence-electron chi connectivity index (χ0n) is 12.3. The fraction of sp³-hybridized carbons (Fsp3) is 0.500. The van der Waals surface area contributed by atoms with Crippen LogP contribution in [-0.2, 0) is 4.79 Å². The molecule has 0 spiro atoms. The summed E-state index contributed by atoms with van der Waals surface area (Å²) in [5.74, 6) is -1.09. The zero-order chi connectivity index (χ0) is 15.5. The second-order valence-corrected chi connectivity index (χ2v) is 5.83. The molecule has 0 aromatic heterocycles. The van der Waals surface area contributed by atoms with Crippen molar-refractivity contribution in [2.24, 2.45) is 11.1 Å². The summed E-state index contributed by atoms with van der Waals surface area (Å²) in [4.78, 5) is 23.7. The standard InChI is InChI=1S/C16H22N2O3/c1-11-5-6-12(14(19)20)9-13(11)18-15(21)16(10-17)7-3-2-4-8-16/h5-6,9H,2-4,7-8,10,17H2,1H3,(H,18,21)(H,19,20). The highest BCUT2D eigenvalue weighted by atomic mass is 16.4. The number of carbonyl (C=O) groups excluding carboxylic acids is 1. The van der Waals surface area contributed by atoms with Crippen LogP contribution >= 0.6 is 0 Å². The summed E-state index contributed by atoms with van der Waals surface area (Å²) in [5, 5.41) is 11.9. The number of carboxylic acid groups (broad SMARTS) is 1. The van der Waals surface area contributed by atoms with E-state index in [4.69, 9.17) is 10.8 Å². The third-order valence-electron chi connectivity index (χ3n) is 4.42. The molecule has 1 aromatic rings. The second kappa shape index (κ2) is 6.26. The Morgan fingerprint density at radius 3 is 2.52 bits per heavy atom. The lowest BCUT2D eigenvalue weighted by Gasteiger charge is -2.34. The smallest absolute Gasteiger partial charge is 0.335 e. The first kappa shape index (κ1) is 15.5. The predicted molar refractivity (Wildman–Crippen MR) is 81.3 cm³/mol. The van der Waals surface area contributed by atoms with E-state index in [-0.39, 0.29) is 11.5 Å². The molecule has 21 heavy (non-hydrogen) atoms. The highest BCUT2D eigenvalue weighted by Crippen LogP contribution is 2.36. The number of carboxylic acids is 1. The van der Waals surface area contributed by atoms with Crippen LogP contribution in [0.5, 0.6) is 0 Å². The summed E-state index contributed by atoms with van der Waals surface area (Å²) in [6.07, 6.45) is 4.76. The number of hydrogen-bond acceptors (Lipinski definition) is 3. The molecule has 0 atom stereocenters. The van der Waals surface area contributed by atoms with E-state index in [0.29, 0.717) is 12.2 Å². The average Bonchev–Trinajstić information content (AvgIpc) is 2.49. The number of carbonyl (C=O) groups is 2. The first-order chi connectivity index (χ1) is 9.98. The van der Waals surface area contributed by atoms with Gasteiger partial charge in [0.1, 0.15) is 0 Å². The highest BCUT2D eigenvalue weighted by Gasteiger charge is 2.38. The van der Waals surface area contributed by atoms with Crippen LogP contribution in [-0.4, -0.2) is 23.5 Å². The third-order valence-corrected chi connectivity index (χ3v) is 4.42. The molecule has 0 heterocycles. The normalized spacial score (nSPS) is 17.2. The van der Waals surface area contributed by atoms with E-state index in [1.54, 1.807) is 6.07 Å². The maximum atomic E-state index is 12.6. The van der Waals surface area contributed by atoms with E-state index >= 15 is 0 Å². The first-order valence-corrected chi connectivity index (χ1v) is 7.34. The number of rotatable bonds is 4. The number of amides is 1. The Kier molecular flexibility index (Phi) is 4.63. The van der Waals surface area contributed by atoms with Gasteiger partial charge >= 0.3 is 5.97 Å². The molecule has 5 heteroatoms. The maximum absolute atomic E-state index is 12.6. The summed E-state index contributed by atoms with van der Waals surface area (Å²) in [6.45, 7) is 2.17. The monoisotopic (exact) mass is 290 g/mol. The van der Waals surface area contributed by atoms with Gasteiger partial charge in [-0.15, -0.1) is 0 Å². The molecule has 1 fully saturated rings. The van der Waals surface area contributed by atoms with Gasteiger partial charge in [0.15, 0.2) is 0 Å². The maximum Gasteiger partial charge on any atom is 0.335 e. The minimum atomic E-state index is -1.00. The summed E-state index contributed by atoms with van der Waals surface area (Å²) in [5.41, 5.74) is 6.91. The largest absolute Gasteiger partial charge is 0.478 e. The van der Waals surface area contributed by atoms with Crippen molar-refractivity contribution in [1.82, 2.24) is 0 Å². The van der Waals surface area contributed by atoms with Crippen LogP contribution in [0.4, 0.5) is 5.69 Å². The molecule has 114 valence electrons. The van der Waals surface area contributed by atoms with Gasteiger partial charge in [-0.05, 0) is 37.5 Å². The van der Waals surface area contributed by atoms with E-state index in [1.165, 1.54) is 12.1 Å². The highest BCUT2D eigenvalue weighted by molar-refractivity contribution is 5.98. The summed E-state index contributed by atoms with van der Waals surface area (Å²) in [7, 11) is 0. The molecule has 0 radical (unpaired) electrons. The van der Waals surface area contributed by atoms with Crippen molar-refractivity contribution in [2.45, 2.75) is 39.0 Å². The van der Waals surface area contributed by atoms with Crippen LogP contribution in [0.3, 0.4) is 0 Å². The van der Waals surface area contributed by atoms with Crippen LogP contribution in [0.1, 0.15) is 48.0 Å². The average molecular weight is 290 g/mol. The SMILES string of the molecule is Cc1ccc(C(=O)O)cc1NC(=O)C1(CN)CCCCC1. The van der Waals surface area contributed by atoms with Crippen molar-refractivity contribution in [3.05, 3.63) is 29.3 Å². The van der Waals surface area contributed by atoms with Gasteiger partial charge in [0, 0.05) is 12.2 Å². The van der Waals surface area contributed by atoms with Crippen molar-refractivity contribution in [3.63, 3.8) is 0 Å². The Bertz CT molecular complexity index is 548. The van der Waals surface area contributed by atoms with Gasteiger partial charge in [0.25, 0.3) is 0 Å². The number of benzene rings is 1. The molecular weight excluding hydrogens is 268 g/mol. The van der Waals surface area contributed by atoms with Crippen molar-refractivity contribution in [2.75, 3.05) is 11.9 Å². The molecular formula is C16H22N2O3. The minimum Gasteiger partial charge on any atom is -0.478 e. The molecule has 1 amide bonds. The van der Waals surface area contributed by atoms with Crippen LogP contribution in [0.15, 0.2) is 18.2 Å². The van der Waals surface area contributed by atoms with Gasteiger partial charge in [-0.3, -0.25) is 4.79 Å². The lowest BCUT2D eigenvalue weighted by molar-refractivity contribution is -0.126. The van der Waals surface area contributed by atoms with Gasteiger partial charge in [0.05, 0.1) is 11.0 Å². The van der Waals surface area contributed by atoms with E-state index < -0.39 is 11.4 Å². The first-order valence-electron chi connectivity index (χ1n) is 7.34. The van der Waals surface area contributed by atoms with Crippen molar-refractivity contribution in [1.29, 1.82) is 0 Å². The summed E-state index contributed by atoms with van der Waals surface area (Å²) in [6, 6.07) is 4.74. The number of nitrogens with two attached hydrogens (primary N) is 1. The number of aryl methyl sites for hydroxylation is 1. The summed E-state index contributed by atoms with van der Waals surface area (Å²) < 4.78 is 0. The topological polar surface area (TPSA) is 92.4 Å². The summed E-state index contributed by atoms with van der Waals surface area (Å²) >= 11 is 0. The Hall–Kier alpha value is -1.88. The fourth-order valence-electron chi connectivity index (χ4n) is 2.90. The van der Waals surface area contributed by atoms with Gasteiger partial charge in [0.2, 0.25) is 5.91 Å². The third kappa shape index (κ3) is 3.24. The molecule has 5 nitrogen and oxygen atoms in total. The molecule has 1 saturated carbocycles. The number of aromatic carboxylic acids is 1. The Labute approximate surface area is 124 Å². The lowest BCUT2D eigenvalue weighted by atomic mass is 9.73. The molecule has 4 N–H and O–H groups in total. The van der Waals surface area contributed by atoms with Crippen molar-refractivity contribution >= 4 is 17.6 Å². The number of anilines is 1. The van der Waals surface area contributed by atoms with Gasteiger partial charge < -0.3 is 16.2 Å². The molecule has 1 aromatic carbocycles.